The quantitative estimate of drug-likeness (QED) is 0.0469. The molecule has 0 spiro atoms. The zero-order valence-corrected chi connectivity index (χ0v) is 53.9. The average Bonchev–Trinajstić information content (AvgIpc) is 3.56. The lowest BCUT2D eigenvalue weighted by Gasteiger charge is -2.11. The number of hydrogen-bond acceptors (Lipinski definition) is 4. The minimum absolute atomic E-state index is 0. The van der Waals surface area contributed by atoms with Gasteiger partial charge >= 0.3 is 32.9 Å². The van der Waals surface area contributed by atoms with Crippen LogP contribution in [0, 0.1) is 35.0 Å². The van der Waals surface area contributed by atoms with Gasteiger partial charge in [0.25, 0.3) is 0 Å². The highest BCUT2D eigenvalue weighted by Gasteiger charge is 2.32. The van der Waals surface area contributed by atoms with Crippen LogP contribution in [0.4, 0.5) is 39.5 Å². The highest BCUT2D eigenvalue weighted by Crippen LogP contribution is 2.33. The van der Waals surface area contributed by atoms with E-state index >= 15 is 0 Å². The summed E-state index contributed by atoms with van der Waals surface area (Å²) >= 11 is -0.807. The van der Waals surface area contributed by atoms with Gasteiger partial charge in [-0.1, -0.05) is 262 Å². The molecule has 4 nitrogen and oxygen atoms in total. The highest BCUT2D eigenvalue weighted by molar-refractivity contribution is 6.58. The van der Waals surface area contributed by atoms with Gasteiger partial charge in [-0.3, -0.25) is 4.99 Å². The van der Waals surface area contributed by atoms with Gasteiger partial charge in [0.15, 0.2) is 0 Å². The molecule has 0 amide bonds. The summed E-state index contributed by atoms with van der Waals surface area (Å²) in [7, 11) is 0. The van der Waals surface area contributed by atoms with E-state index in [9.17, 15) is 39.5 Å². The van der Waals surface area contributed by atoms with E-state index in [1.54, 1.807) is 18.2 Å². The summed E-state index contributed by atoms with van der Waals surface area (Å²) in [6.07, 6.45) is -6.05. The summed E-state index contributed by atoms with van der Waals surface area (Å²) in [5.41, 5.74) is 8.35. The van der Waals surface area contributed by atoms with E-state index in [0.717, 1.165) is 47.2 Å². The second kappa shape index (κ2) is 42.3. The number of fused-ring (bicyclic) bond motifs is 2. The van der Waals surface area contributed by atoms with Crippen LogP contribution in [0.15, 0.2) is 167 Å². The van der Waals surface area contributed by atoms with Crippen molar-refractivity contribution in [2.45, 2.75) is 182 Å². The summed E-state index contributed by atoms with van der Waals surface area (Å²) in [4.78, 5) is 4.58. The summed E-state index contributed by atoms with van der Waals surface area (Å²) in [5, 5.41) is 18.6. The fourth-order valence-electron chi connectivity index (χ4n) is 9.41. The fourth-order valence-corrected chi connectivity index (χ4v) is 14.3. The summed E-state index contributed by atoms with van der Waals surface area (Å²) in [6.45, 7) is 22.2. The first kappa shape index (κ1) is 82.3. The molecule has 7 aromatic carbocycles. The van der Waals surface area contributed by atoms with Crippen LogP contribution in [0.2, 0.25) is 21.1 Å². The molecule has 2 atom stereocenters. The summed E-state index contributed by atoms with van der Waals surface area (Å²) in [6, 6.07) is 47.0. The largest absolute Gasteiger partial charge is 0.435 e. The van der Waals surface area contributed by atoms with Crippen molar-refractivity contribution in [2.75, 3.05) is 0 Å². The van der Waals surface area contributed by atoms with Gasteiger partial charge in [-0.2, -0.15) is 44.8 Å². The predicted molar refractivity (Wildman–Crippen MR) is 362 cm³/mol. The molecule has 2 N–H and O–H groups in total. The molecule has 15 heteroatoms. The van der Waals surface area contributed by atoms with Crippen LogP contribution in [-0.2, 0) is 37.8 Å². The van der Waals surface area contributed by atoms with Gasteiger partial charge in [-0.05, 0) is 126 Å². The van der Waals surface area contributed by atoms with Crippen LogP contribution in [0.25, 0.3) is 21.5 Å². The van der Waals surface area contributed by atoms with Gasteiger partial charge in [0.1, 0.15) is 0 Å². The van der Waals surface area contributed by atoms with E-state index in [4.69, 9.17) is 15.0 Å². The number of hydrogen-bond donors (Lipinski definition) is 1. The third kappa shape index (κ3) is 32.7. The molecule has 0 unspecified atom stereocenters. The number of aliphatic imine (C=N–C) groups is 1. The van der Waals surface area contributed by atoms with Gasteiger partial charge in [0.05, 0.1) is 28.8 Å². The molecule has 480 valence electrons. The Balaban J connectivity index is 0.00000112. The van der Waals surface area contributed by atoms with Crippen LogP contribution >= 0.6 is 0 Å². The number of halogens is 9. The lowest BCUT2D eigenvalue weighted by Crippen LogP contribution is -2.15. The average molecular weight is 1260 g/mol. The molecule has 0 aromatic heterocycles. The minimum atomic E-state index is -4.30. The van der Waals surface area contributed by atoms with Crippen molar-refractivity contribution >= 4 is 63.6 Å². The molecule has 0 saturated carbocycles. The summed E-state index contributed by atoms with van der Waals surface area (Å²) in [5.74, 6) is 3.22. The molecular formula is C73H99Al2F9N4. The monoisotopic (exact) mass is 1260 g/mol. The molecule has 0 fully saturated rings. The van der Waals surface area contributed by atoms with Crippen LogP contribution < -0.4 is 5.73 Å². The fraction of sp³-hybridized carbons (Fsp3) is 0.438. The predicted octanol–water partition coefficient (Wildman–Crippen LogP) is 23.1. The van der Waals surface area contributed by atoms with Crippen molar-refractivity contribution in [3.63, 3.8) is 0 Å². The Hall–Kier alpha value is -5.72. The van der Waals surface area contributed by atoms with E-state index in [1.807, 2.05) is 62.7 Å². The molecule has 0 aliphatic rings. The molecule has 88 heavy (non-hydrogen) atoms. The van der Waals surface area contributed by atoms with Crippen molar-refractivity contribution in [3.05, 3.63) is 202 Å². The maximum atomic E-state index is 12.8. The standard InChI is InChI=1S/C22H20F3N.C12H13N.C10H9F3N.C10H8F3N.4C4H9.3CH4.2Al.H/c1-16(20-13-5-10-18-9-2-3-12-21(18)20)26-14-6-8-17-7-4-11-19(15-17)22(23,24)25;1-9(13)11-8-4-6-10-5-2-3-7-12(10)11;2*11-10(12,13)9-5-1-3-8(7-9)4-2-6-14;4*1-4(2)3;;;;;;/h2-5,7,9-16H,6,8H2,1H3;2-9H,13H2,1H3;1,3,5-7H,2,4H2;1,3,5,7H,2,4H2;4*4H,1H2,2-3H3;3*1H4;;;/q;;-1;;;;;;;;;;+1;/t16-;9-;;;;;;;;;;;;/m11............/s1. The number of nitriles is 1. The molecule has 0 aliphatic heterocycles. The van der Waals surface area contributed by atoms with Crippen molar-refractivity contribution in [2.24, 2.45) is 38.4 Å². The van der Waals surface area contributed by atoms with Crippen LogP contribution in [0.5, 0.6) is 0 Å². The molecule has 0 radical (unpaired) electrons. The maximum absolute atomic E-state index is 12.8. The molecule has 7 rings (SSSR count). The molecule has 7 aromatic rings. The van der Waals surface area contributed by atoms with Crippen LogP contribution in [0.3, 0.4) is 0 Å². The topological polar surface area (TPSA) is 74.5 Å². The number of rotatable bonds is 20. The van der Waals surface area contributed by atoms with Crippen molar-refractivity contribution in [1.82, 2.24) is 0 Å². The first-order chi connectivity index (χ1) is 40.1. The third-order valence-electron chi connectivity index (χ3n) is 13.7. The minimum Gasteiger partial charge on any atom is -0.409 e. The normalized spacial score (nSPS) is 12.0. The van der Waals surface area contributed by atoms with E-state index in [-0.39, 0.29) is 40.8 Å². The first-order valence-electron chi connectivity index (χ1n) is 29.7. The second-order valence-corrected chi connectivity index (χ2v) is 27.6. The van der Waals surface area contributed by atoms with Crippen LogP contribution in [-0.4, -0.2) is 42.0 Å². The SMILES string of the molecule is C.C.C.CC(C)[CH2][AlH][CH2]C(C)C.CC(C)[CH2][Al]([CH2]C(C)C)[N]=CCCc1cccc(C(F)(F)F)c1.C[C@@H](N)c1cccc2ccccc12.C[C@@H](N=CCCc1cccc(C(F)(F)F)c1)c1cccc2ccccc12.N#CCCc1cccc(C(F)(F)F)c1. The Labute approximate surface area is 533 Å². The van der Waals surface area contributed by atoms with Gasteiger partial charge < -0.3 is 9.71 Å². The van der Waals surface area contributed by atoms with Gasteiger partial charge in [0.2, 0.25) is 15.2 Å². The Morgan fingerprint density at radius 1 is 0.477 bits per heavy atom. The molecular weight excluding hydrogens is 1160 g/mol. The Morgan fingerprint density at radius 3 is 1.23 bits per heavy atom. The number of nitrogens with two attached hydrogens (primary N) is 1. The maximum Gasteiger partial charge on any atom is 0.435 e. The molecule has 0 saturated heterocycles. The zero-order chi connectivity index (χ0) is 63.2. The zero-order valence-electron chi connectivity index (χ0n) is 51.3. The van der Waals surface area contributed by atoms with Gasteiger partial charge in [-0.25, -0.2) is 0 Å². The van der Waals surface area contributed by atoms with E-state index < -0.39 is 49.6 Å². The lowest BCUT2D eigenvalue weighted by atomic mass is 10.00. The third-order valence-corrected chi connectivity index (χ3v) is 20.4. The first-order valence-corrected chi connectivity index (χ1v) is 33.8. The number of alkyl halides is 9. The highest BCUT2D eigenvalue weighted by atomic mass is 27.2. The Morgan fingerprint density at radius 2 is 0.841 bits per heavy atom. The van der Waals surface area contributed by atoms with Crippen molar-refractivity contribution in [1.29, 1.82) is 5.26 Å². The number of nitrogens with zero attached hydrogens (tertiary/aromatic N) is 3. The molecule has 0 aliphatic carbocycles. The second-order valence-electron chi connectivity index (χ2n) is 23.2. The van der Waals surface area contributed by atoms with E-state index in [0.29, 0.717) is 70.3 Å². The lowest BCUT2D eigenvalue weighted by molar-refractivity contribution is -0.138. The van der Waals surface area contributed by atoms with E-state index in [2.05, 4.69) is 115 Å². The molecule has 0 bridgehead atoms. The van der Waals surface area contributed by atoms with Gasteiger partial charge in [0, 0.05) is 12.5 Å². The summed E-state index contributed by atoms with van der Waals surface area (Å²) < 4.78 is 118. The van der Waals surface area contributed by atoms with Gasteiger partial charge in [-0.15, -0.1) is 0 Å². The smallest absolute Gasteiger partial charge is 0.409 e. The number of aryl methyl sites for hydroxylation is 3. The van der Waals surface area contributed by atoms with Crippen LogP contribution in [0.1, 0.15) is 167 Å². The Kier molecular flexibility index (Phi) is 39.6. The van der Waals surface area contributed by atoms with Crippen molar-refractivity contribution < 1.29 is 39.5 Å². The number of benzene rings is 7. The molecule has 0 heterocycles. The van der Waals surface area contributed by atoms with Crippen molar-refractivity contribution in [3.8, 4) is 6.07 Å². The van der Waals surface area contributed by atoms with E-state index in [1.165, 1.54) is 78.6 Å². The Bertz CT molecular complexity index is 3090.